The summed E-state index contributed by atoms with van der Waals surface area (Å²) >= 11 is 0. The molecule has 16 heavy (non-hydrogen) atoms. The van der Waals surface area contributed by atoms with Gasteiger partial charge in [-0.15, -0.1) is 0 Å². The fourth-order valence-corrected chi connectivity index (χ4v) is 0.0680. The molecule has 0 aromatic heterocycles. The third-order valence-electron chi connectivity index (χ3n) is 0.542. The van der Waals surface area contributed by atoms with E-state index in [0.29, 0.717) is 0 Å². The largest absolute Gasteiger partial charge is 0.478 e. The third-order valence-corrected chi connectivity index (χ3v) is 0.542. The summed E-state index contributed by atoms with van der Waals surface area (Å²) < 4.78 is 4.36. The van der Waals surface area contributed by atoms with Crippen molar-refractivity contribution in [3.63, 3.8) is 0 Å². The first-order chi connectivity index (χ1) is 6.95. The van der Waals surface area contributed by atoms with E-state index in [4.69, 9.17) is 10.2 Å². The van der Waals surface area contributed by atoms with Gasteiger partial charge in [0, 0.05) is 12.2 Å². The molecule has 0 amide bonds. The highest BCUT2D eigenvalue weighted by Gasteiger charge is 1.73. The summed E-state index contributed by atoms with van der Waals surface area (Å²) in [6.45, 7) is 12.4. The maximum Gasteiger partial charge on any atom is 0.327 e. The minimum Gasteiger partial charge on any atom is -0.478 e. The van der Waals surface area contributed by atoms with Gasteiger partial charge in [-0.25, -0.2) is 9.59 Å². The zero-order valence-corrected chi connectivity index (χ0v) is 8.76. The molecule has 0 rings (SSSR count). The van der Waals surface area contributed by atoms with Crippen molar-refractivity contribution >= 4 is 11.9 Å². The van der Waals surface area contributed by atoms with Gasteiger partial charge >= 0.3 is 11.9 Å². The highest BCUT2D eigenvalue weighted by Crippen LogP contribution is 1.65. The number of carboxylic acids is 2. The molecule has 4 N–H and O–H groups in total. The van der Waals surface area contributed by atoms with Crippen molar-refractivity contribution in [2.75, 3.05) is 0 Å². The van der Waals surface area contributed by atoms with E-state index in [0.717, 1.165) is 12.2 Å². The van der Waals surface area contributed by atoms with Gasteiger partial charge in [-0.3, -0.25) is 0 Å². The third kappa shape index (κ3) is 98.9. The Bertz CT molecular complexity index is 207. The molecular formula is C10H16O6. The van der Waals surface area contributed by atoms with Crippen LogP contribution in [0.1, 0.15) is 0 Å². The van der Waals surface area contributed by atoms with Crippen LogP contribution in [0.4, 0.5) is 0 Å². The smallest absolute Gasteiger partial charge is 0.327 e. The lowest BCUT2D eigenvalue weighted by Gasteiger charge is -1.76. The normalized spacial score (nSPS) is 5.75. The van der Waals surface area contributed by atoms with Crippen LogP contribution in [0, 0.1) is 0 Å². The van der Waals surface area contributed by atoms with E-state index < -0.39 is 11.9 Å². The summed E-state index contributed by atoms with van der Waals surface area (Å²) in [6.07, 6.45) is 4.29. The monoisotopic (exact) mass is 232 g/mol. The van der Waals surface area contributed by atoms with Crippen molar-refractivity contribution in [2.24, 2.45) is 0 Å². The minimum atomic E-state index is -0.981. The van der Waals surface area contributed by atoms with Crippen LogP contribution in [-0.4, -0.2) is 27.6 Å². The number of aliphatic carboxylic acids is 2. The Balaban J connectivity index is -0.0000000655. The number of carbonyl (C=O) groups is 2. The predicted octanol–water partition coefficient (Wildman–Crippen LogP) is 0.979. The lowest BCUT2D eigenvalue weighted by molar-refractivity contribution is -0.132. The van der Waals surface area contributed by atoms with Gasteiger partial charge in [-0.1, -0.05) is 26.3 Å². The Morgan fingerprint density at radius 3 is 1.06 bits per heavy atom. The standard InChI is InChI=1S/C4H6O.2C3H4O2.H2O/c1-3-5-4-2;2*1-2-3(4)5;/h3-4H,1-2H2;2*2H,1H2,(H,4,5);1H2. The van der Waals surface area contributed by atoms with Gasteiger partial charge in [0.05, 0.1) is 12.5 Å². The second-order valence-corrected chi connectivity index (χ2v) is 1.55. The second kappa shape index (κ2) is 23.0. The molecule has 0 aliphatic carbocycles. The first-order valence-corrected chi connectivity index (χ1v) is 3.54. The zero-order chi connectivity index (χ0) is 12.7. The fraction of sp³-hybridized carbons (Fsp3) is 0. The molecule has 0 bridgehead atoms. The number of ether oxygens (including phenoxy) is 1. The number of hydrogen-bond acceptors (Lipinski definition) is 3. The van der Waals surface area contributed by atoms with Crippen molar-refractivity contribution < 1.29 is 30.0 Å². The van der Waals surface area contributed by atoms with Crippen LogP contribution in [-0.2, 0) is 14.3 Å². The molecule has 6 nitrogen and oxygen atoms in total. The molecule has 0 aromatic carbocycles. The zero-order valence-electron chi connectivity index (χ0n) is 8.76. The molecule has 0 aliphatic heterocycles. The van der Waals surface area contributed by atoms with Crippen molar-refractivity contribution in [1.82, 2.24) is 0 Å². The van der Waals surface area contributed by atoms with Gasteiger partial charge in [0.15, 0.2) is 0 Å². The predicted molar refractivity (Wildman–Crippen MR) is 60.8 cm³/mol. The number of rotatable bonds is 4. The van der Waals surface area contributed by atoms with Crippen LogP contribution >= 0.6 is 0 Å². The van der Waals surface area contributed by atoms with Crippen LogP contribution in [0.2, 0.25) is 0 Å². The van der Waals surface area contributed by atoms with E-state index in [1.807, 2.05) is 0 Å². The first-order valence-electron chi connectivity index (χ1n) is 3.54. The van der Waals surface area contributed by atoms with Crippen molar-refractivity contribution in [1.29, 1.82) is 0 Å². The van der Waals surface area contributed by atoms with Crippen molar-refractivity contribution in [2.45, 2.75) is 0 Å². The average molecular weight is 232 g/mol. The number of hydrogen-bond donors (Lipinski definition) is 2. The highest BCUT2D eigenvalue weighted by atomic mass is 16.5. The Hall–Kier alpha value is -2.34. The highest BCUT2D eigenvalue weighted by molar-refractivity contribution is 5.79. The molecule has 0 aromatic rings. The van der Waals surface area contributed by atoms with E-state index in [9.17, 15) is 9.59 Å². The molecule has 0 atom stereocenters. The van der Waals surface area contributed by atoms with Crippen LogP contribution in [0.25, 0.3) is 0 Å². The summed E-state index contributed by atoms with van der Waals surface area (Å²) in [4.78, 5) is 18.5. The maximum atomic E-state index is 9.25. The molecule has 92 valence electrons. The summed E-state index contributed by atoms with van der Waals surface area (Å²) in [5.74, 6) is -1.96. The molecular weight excluding hydrogens is 216 g/mol. The lowest BCUT2D eigenvalue weighted by Crippen LogP contribution is -1.82. The van der Waals surface area contributed by atoms with Crippen LogP contribution < -0.4 is 0 Å². The number of carboxylic acid groups (broad SMARTS) is 2. The summed E-state index contributed by atoms with van der Waals surface area (Å²) in [6, 6.07) is 0. The second-order valence-electron chi connectivity index (χ2n) is 1.55. The summed E-state index contributed by atoms with van der Waals surface area (Å²) in [5, 5.41) is 15.2. The van der Waals surface area contributed by atoms with E-state index >= 15 is 0 Å². The minimum absolute atomic E-state index is 0. The SMILES string of the molecule is C=CC(=O)O.C=CC(=O)O.C=COC=C.O. The Morgan fingerprint density at radius 2 is 1.06 bits per heavy atom. The molecule has 0 saturated heterocycles. The quantitative estimate of drug-likeness (QED) is 0.553. The molecule has 0 spiro atoms. The van der Waals surface area contributed by atoms with Crippen LogP contribution in [0.3, 0.4) is 0 Å². The van der Waals surface area contributed by atoms with Gasteiger partial charge in [0.2, 0.25) is 0 Å². The van der Waals surface area contributed by atoms with E-state index in [-0.39, 0.29) is 5.48 Å². The molecule has 0 aliphatic rings. The van der Waals surface area contributed by atoms with Gasteiger partial charge in [0.1, 0.15) is 0 Å². The topological polar surface area (TPSA) is 115 Å². The summed E-state index contributed by atoms with van der Waals surface area (Å²) in [7, 11) is 0. The first kappa shape index (κ1) is 23.5. The Labute approximate surface area is 93.8 Å². The van der Waals surface area contributed by atoms with Crippen LogP contribution in [0.5, 0.6) is 0 Å². The van der Waals surface area contributed by atoms with Crippen LogP contribution in [0.15, 0.2) is 51.0 Å². The average Bonchev–Trinajstić information content (AvgIpc) is 2.20. The maximum absolute atomic E-state index is 9.25. The van der Waals surface area contributed by atoms with Gasteiger partial charge in [-0.2, -0.15) is 0 Å². The Kier molecular flexibility index (Phi) is 33.7. The lowest BCUT2D eigenvalue weighted by atomic mass is 10.7. The van der Waals surface area contributed by atoms with Gasteiger partial charge in [0.25, 0.3) is 0 Å². The molecule has 6 heteroatoms. The van der Waals surface area contributed by atoms with Crippen molar-refractivity contribution in [3.05, 3.63) is 51.0 Å². The fourth-order valence-electron chi connectivity index (χ4n) is 0.0680. The van der Waals surface area contributed by atoms with E-state index in [2.05, 4.69) is 31.1 Å². The molecule has 0 heterocycles. The van der Waals surface area contributed by atoms with E-state index in [1.165, 1.54) is 12.5 Å². The summed E-state index contributed by atoms with van der Waals surface area (Å²) in [5.41, 5.74) is 0. The molecule has 0 unspecified atom stereocenters. The molecule has 0 radical (unpaired) electrons. The van der Waals surface area contributed by atoms with E-state index in [1.54, 1.807) is 0 Å². The van der Waals surface area contributed by atoms with Crippen molar-refractivity contribution in [3.8, 4) is 0 Å². The molecule has 0 fully saturated rings. The Morgan fingerprint density at radius 1 is 0.875 bits per heavy atom. The molecule has 0 saturated carbocycles. The van der Waals surface area contributed by atoms with Gasteiger partial charge < -0.3 is 20.4 Å². The van der Waals surface area contributed by atoms with Gasteiger partial charge in [-0.05, 0) is 0 Å².